The number of likely N-dealkylation sites (N-methyl/N-ethyl adjacent to an activating group) is 1. The van der Waals surface area contributed by atoms with E-state index in [-0.39, 0.29) is 11.8 Å². The predicted octanol–water partition coefficient (Wildman–Crippen LogP) is 0.145. The lowest BCUT2D eigenvalue weighted by molar-refractivity contribution is -0.147. The molecule has 0 aliphatic carbocycles. The molecule has 7 heteroatoms. The van der Waals surface area contributed by atoms with Crippen molar-refractivity contribution in [3.05, 3.63) is 0 Å². The van der Waals surface area contributed by atoms with Gasteiger partial charge in [-0.1, -0.05) is 0 Å². The van der Waals surface area contributed by atoms with Crippen LogP contribution >= 0.6 is 0 Å². The number of ether oxygens (including phenoxy) is 1. The second-order valence-electron chi connectivity index (χ2n) is 7.08. The third-order valence-electron chi connectivity index (χ3n) is 5.65. The van der Waals surface area contributed by atoms with Crippen molar-refractivity contribution >= 4 is 11.8 Å². The molecule has 2 amide bonds. The summed E-state index contributed by atoms with van der Waals surface area (Å²) in [6.45, 7) is 10.6. The zero-order chi connectivity index (χ0) is 18.3. The van der Waals surface area contributed by atoms with Crippen molar-refractivity contribution in [3.63, 3.8) is 0 Å². The fourth-order valence-electron chi connectivity index (χ4n) is 3.80. The Morgan fingerprint density at radius 2 is 1.76 bits per heavy atom. The van der Waals surface area contributed by atoms with Gasteiger partial charge in [-0.15, -0.1) is 0 Å². The van der Waals surface area contributed by atoms with Gasteiger partial charge >= 0.3 is 0 Å². The third-order valence-corrected chi connectivity index (χ3v) is 5.65. The van der Waals surface area contributed by atoms with Crippen LogP contribution in [-0.4, -0.2) is 92.1 Å². The highest BCUT2D eigenvalue weighted by Gasteiger charge is 2.41. The second kappa shape index (κ2) is 9.50. The van der Waals surface area contributed by atoms with Crippen LogP contribution in [0.5, 0.6) is 0 Å². The summed E-state index contributed by atoms with van der Waals surface area (Å²) in [5.74, 6) is 0.350. The molecule has 2 aliphatic heterocycles. The van der Waals surface area contributed by atoms with Crippen LogP contribution < -0.4 is 5.73 Å². The van der Waals surface area contributed by atoms with E-state index in [1.54, 1.807) is 0 Å². The Kier molecular flexibility index (Phi) is 7.65. The van der Waals surface area contributed by atoms with Gasteiger partial charge in [-0.2, -0.15) is 0 Å². The van der Waals surface area contributed by atoms with Crippen molar-refractivity contribution in [1.29, 1.82) is 0 Å². The van der Waals surface area contributed by atoms with Gasteiger partial charge in [-0.05, 0) is 33.1 Å². The highest BCUT2D eigenvalue weighted by Crippen LogP contribution is 2.32. The van der Waals surface area contributed by atoms with Crippen LogP contribution in [-0.2, 0) is 14.3 Å². The maximum atomic E-state index is 13.1. The van der Waals surface area contributed by atoms with Gasteiger partial charge in [-0.25, -0.2) is 0 Å². The van der Waals surface area contributed by atoms with Crippen LogP contribution in [0.2, 0.25) is 0 Å². The van der Waals surface area contributed by atoms with E-state index in [9.17, 15) is 9.59 Å². The molecule has 0 aromatic carbocycles. The summed E-state index contributed by atoms with van der Waals surface area (Å²) in [4.78, 5) is 31.4. The minimum Gasteiger partial charge on any atom is -0.381 e. The number of hydrogen-bond acceptors (Lipinski definition) is 5. The molecule has 25 heavy (non-hydrogen) atoms. The number of carbonyl (C=O) groups excluding carboxylic acids is 2. The van der Waals surface area contributed by atoms with Crippen LogP contribution in [0, 0.1) is 5.41 Å². The monoisotopic (exact) mass is 354 g/mol. The molecule has 144 valence electrons. The van der Waals surface area contributed by atoms with E-state index in [0.29, 0.717) is 45.7 Å². The van der Waals surface area contributed by atoms with E-state index in [1.165, 1.54) is 0 Å². The summed E-state index contributed by atoms with van der Waals surface area (Å²) < 4.78 is 5.42. The molecule has 2 heterocycles. The van der Waals surface area contributed by atoms with Gasteiger partial charge in [0.2, 0.25) is 11.8 Å². The minimum absolute atomic E-state index is 0.174. The van der Waals surface area contributed by atoms with Crippen molar-refractivity contribution in [2.75, 3.05) is 65.6 Å². The molecule has 0 saturated carbocycles. The SMILES string of the molecule is CCN(CC)C(=O)CN1CCCN(C(=O)C2(CN)CCOCC2)CC1. The lowest BCUT2D eigenvalue weighted by atomic mass is 9.79. The van der Waals surface area contributed by atoms with Crippen molar-refractivity contribution in [1.82, 2.24) is 14.7 Å². The van der Waals surface area contributed by atoms with E-state index in [1.807, 2.05) is 23.6 Å². The van der Waals surface area contributed by atoms with Gasteiger partial charge in [0.1, 0.15) is 0 Å². The molecule has 0 atom stereocenters. The summed E-state index contributed by atoms with van der Waals surface area (Å²) in [7, 11) is 0. The Morgan fingerprint density at radius 1 is 1.08 bits per heavy atom. The number of carbonyl (C=O) groups is 2. The standard InChI is InChI=1S/C18H34N4O3/c1-3-21(4-2)16(23)14-20-8-5-9-22(11-10-20)17(24)18(15-19)6-12-25-13-7-18/h3-15,19H2,1-2H3. The Bertz CT molecular complexity index is 448. The maximum absolute atomic E-state index is 13.1. The Labute approximate surface area is 151 Å². The predicted molar refractivity (Wildman–Crippen MR) is 97.1 cm³/mol. The number of hydrogen-bond donors (Lipinski definition) is 1. The number of amides is 2. The molecule has 0 aromatic heterocycles. The molecule has 2 rings (SSSR count). The first-order valence-electron chi connectivity index (χ1n) is 9.63. The highest BCUT2D eigenvalue weighted by molar-refractivity contribution is 5.83. The Balaban J connectivity index is 1.92. The molecule has 7 nitrogen and oxygen atoms in total. The summed E-state index contributed by atoms with van der Waals surface area (Å²) in [6, 6.07) is 0. The first kappa shape index (κ1) is 20.1. The number of rotatable bonds is 6. The first-order valence-corrected chi connectivity index (χ1v) is 9.63. The van der Waals surface area contributed by atoms with Gasteiger partial charge in [0, 0.05) is 59.0 Å². The van der Waals surface area contributed by atoms with Gasteiger partial charge < -0.3 is 20.3 Å². The fourth-order valence-corrected chi connectivity index (χ4v) is 3.80. The van der Waals surface area contributed by atoms with E-state index >= 15 is 0 Å². The average Bonchev–Trinajstić information content (AvgIpc) is 2.88. The molecule has 2 saturated heterocycles. The summed E-state index contributed by atoms with van der Waals surface area (Å²) in [5.41, 5.74) is 5.52. The molecule has 2 aliphatic rings. The van der Waals surface area contributed by atoms with E-state index in [4.69, 9.17) is 10.5 Å². The molecule has 0 radical (unpaired) electrons. The third kappa shape index (κ3) is 4.92. The van der Waals surface area contributed by atoms with Crippen molar-refractivity contribution in [2.24, 2.45) is 11.1 Å². The van der Waals surface area contributed by atoms with Crippen LogP contribution in [0.15, 0.2) is 0 Å². The largest absolute Gasteiger partial charge is 0.381 e. The van der Waals surface area contributed by atoms with Crippen LogP contribution in [0.3, 0.4) is 0 Å². The van der Waals surface area contributed by atoms with Crippen LogP contribution in [0.25, 0.3) is 0 Å². The van der Waals surface area contributed by atoms with Gasteiger partial charge in [0.05, 0.1) is 12.0 Å². The smallest absolute Gasteiger partial charge is 0.236 e. The van der Waals surface area contributed by atoms with Crippen LogP contribution in [0.1, 0.15) is 33.1 Å². The molecular formula is C18H34N4O3. The van der Waals surface area contributed by atoms with E-state index in [0.717, 1.165) is 39.1 Å². The van der Waals surface area contributed by atoms with E-state index in [2.05, 4.69) is 4.90 Å². The van der Waals surface area contributed by atoms with Gasteiger partial charge in [0.15, 0.2) is 0 Å². The summed E-state index contributed by atoms with van der Waals surface area (Å²) >= 11 is 0. The van der Waals surface area contributed by atoms with Crippen molar-refractivity contribution in [3.8, 4) is 0 Å². The summed E-state index contributed by atoms with van der Waals surface area (Å²) in [5, 5.41) is 0. The lowest BCUT2D eigenvalue weighted by Crippen LogP contribution is -2.51. The molecular weight excluding hydrogens is 320 g/mol. The molecule has 2 N–H and O–H groups in total. The van der Waals surface area contributed by atoms with Gasteiger partial charge in [-0.3, -0.25) is 14.5 Å². The average molecular weight is 354 g/mol. The normalized spacial score (nSPS) is 21.6. The number of nitrogens with two attached hydrogens (primary N) is 1. The van der Waals surface area contributed by atoms with E-state index < -0.39 is 5.41 Å². The summed E-state index contributed by atoms with van der Waals surface area (Å²) in [6.07, 6.45) is 2.32. The molecule has 0 spiro atoms. The zero-order valence-electron chi connectivity index (χ0n) is 15.8. The minimum atomic E-state index is -0.454. The molecule has 0 unspecified atom stereocenters. The van der Waals surface area contributed by atoms with Crippen molar-refractivity contribution in [2.45, 2.75) is 33.1 Å². The van der Waals surface area contributed by atoms with Crippen molar-refractivity contribution < 1.29 is 14.3 Å². The Hall–Kier alpha value is -1.18. The maximum Gasteiger partial charge on any atom is 0.236 e. The first-order chi connectivity index (χ1) is 12.1. The lowest BCUT2D eigenvalue weighted by Gasteiger charge is -2.38. The highest BCUT2D eigenvalue weighted by atomic mass is 16.5. The van der Waals surface area contributed by atoms with Gasteiger partial charge in [0.25, 0.3) is 0 Å². The quantitative estimate of drug-likeness (QED) is 0.734. The molecule has 0 aromatic rings. The topological polar surface area (TPSA) is 79.1 Å². The number of nitrogens with zero attached hydrogens (tertiary/aromatic N) is 3. The fraction of sp³-hybridized carbons (Fsp3) is 0.889. The second-order valence-corrected chi connectivity index (χ2v) is 7.08. The molecule has 2 fully saturated rings. The zero-order valence-corrected chi connectivity index (χ0v) is 15.8. The van der Waals surface area contributed by atoms with Crippen LogP contribution in [0.4, 0.5) is 0 Å². The Morgan fingerprint density at radius 3 is 2.36 bits per heavy atom. The molecule has 0 bridgehead atoms.